The predicted molar refractivity (Wildman–Crippen MR) is 181 cm³/mol. The molecule has 5 rings (SSSR count). The zero-order valence-corrected chi connectivity index (χ0v) is 26.8. The maximum Gasteiger partial charge on any atom is 0.335 e. The van der Waals surface area contributed by atoms with Crippen LogP contribution in [-0.4, -0.2) is 29.0 Å². The molecule has 2 N–H and O–H groups in total. The van der Waals surface area contributed by atoms with E-state index in [4.69, 9.17) is 28.2 Å². The highest BCUT2D eigenvalue weighted by Gasteiger charge is 2.15. The topological polar surface area (TPSA) is 101 Å². The van der Waals surface area contributed by atoms with E-state index >= 15 is 0 Å². The lowest BCUT2D eigenvalue weighted by Crippen LogP contribution is -2.12. The molecule has 1 heterocycles. The van der Waals surface area contributed by atoms with Gasteiger partial charge in [0.05, 0.1) is 21.2 Å². The molecule has 0 aliphatic rings. The Hall–Kier alpha value is -4.37. The number of carboxylic acid groups (broad SMARTS) is 1. The molecular weight excluding hydrogens is 629 g/mol. The van der Waals surface area contributed by atoms with Crippen LogP contribution in [0.4, 0.5) is 5.69 Å². The van der Waals surface area contributed by atoms with E-state index in [1.54, 1.807) is 60.7 Å². The van der Waals surface area contributed by atoms with Crippen LogP contribution in [0.25, 0.3) is 23.4 Å². The fraction of sp³-hybridized carbons (Fsp3) is 0.143. The number of unbranched alkanes of at least 4 members (excludes halogenated alkanes) is 1. The van der Waals surface area contributed by atoms with Crippen molar-refractivity contribution < 1.29 is 18.3 Å². The summed E-state index contributed by atoms with van der Waals surface area (Å²) in [4.78, 5) is 16.3. The van der Waals surface area contributed by atoms with Gasteiger partial charge in [0.1, 0.15) is 5.82 Å². The fourth-order valence-electron chi connectivity index (χ4n) is 4.73. The Bertz CT molecular complexity index is 1930. The highest BCUT2D eigenvalue weighted by Crippen LogP contribution is 2.30. The molecule has 0 spiro atoms. The van der Waals surface area contributed by atoms with Crippen LogP contribution >= 0.6 is 23.2 Å². The van der Waals surface area contributed by atoms with Gasteiger partial charge in [-0.2, -0.15) is 0 Å². The monoisotopic (exact) mass is 659 g/mol. The third-order valence-electron chi connectivity index (χ3n) is 7.21. The van der Waals surface area contributed by atoms with Crippen LogP contribution in [0.2, 0.25) is 10.0 Å². The minimum atomic E-state index is -3.72. The smallest absolute Gasteiger partial charge is 0.335 e. The Morgan fingerprint density at radius 3 is 2.24 bits per heavy atom. The van der Waals surface area contributed by atoms with E-state index in [1.807, 2.05) is 53.2 Å². The normalized spacial score (nSPS) is 11.6. The van der Waals surface area contributed by atoms with Crippen molar-refractivity contribution in [2.45, 2.75) is 37.6 Å². The maximum absolute atomic E-state index is 12.9. The van der Waals surface area contributed by atoms with Gasteiger partial charge in [0.15, 0.2) is 0 Å². The number of hydrogen-bond acceptors (Lipinski definition) is 4. The van der Waals surface area contributed by atoms with Gasteiger partial charge < -0.3 is 9.67 Å². The van der Waals surface area contributed by atoms with Crippen molar-refractivity contribution in [1.29, 1.82) is 0 Å². The first-order valence-corrected chi connectivity index (χ1v) is 16.6. The zero-order chi connectivity index (χ0) is 32.0. The highest BCUT2D eigenvalue weighted by atomic mass is 35.5. The van der Waals surface area contributed by atoms with Gasteiger partial charge in [-0.15, -0.1) is 0 Å². The van der Waals surface area contributed by atoms with Crippen LogP contribution in [0.1, 0.15) is 52.6 Å². The number of carbonyl (C=O) groups is 1. The average Bonchev–Trinajstić information content (AvgIpc) is 3.41. The molecule has 4 aromatic carbocycles. The second-order valence-corrected chi connectivity index (χ2v) is 13.1. The molecule has 5 aromatic rings. The Morgan fingerprint density at radius 2 is 1.60 bits per heavy atom. The van der Waals surface area contributed by atoms with E-state index < -0.39 is 16.0 Å². The molecule has 0 bridgehead atoms. The minimum absolute atomic E-state index is 0.212. The van der Waals surface area contributed by atoms with Crippen molar-refractivity contribution in [1.82, 2.24) is 9.55 Å². The Kier molecular flexibility index (Phi) is 10.1. The average molecular weight is 661 g/mol. The van der Waals surface area contributed by atoms with E-state index in [0.717, 1.165) is 41.5 Å². The van der Waals surface area contributed by atoms with Crippen LogP contribution in [0.15, 0.2) is 102 Å². The highest BCUT2D eigenvalue weighted by molar-refractivity contribution is 7.92. The molecule has 0 fully saturated rings. The molecule has 0 radical (unpaired) electrons. The molecule has 45 heavy (non-hydrogen) atoms. The van der Waals surface area contributed by atoms with Crippen LogP contribution in [0, 0.1) is 0 Å². The number of aromatic nitrogens is 2. The number of anilines is 1. The van der Waals surface area contributed by atoms with Gasteiger partial charge >= 0.3 is 5.97 Å². The minimum Gasteiger partial charge on any atom is -0.478 e. The summed E-state index contributed by atoms with van der Waals surface area (Å²) in [7, 11) is -3.72. The summed E-state index contributed by atoms with van der Waals surface area (Å²) in [5.41, 5.74) is 4.90. The third-order valence-corrected chi connectivity index (χ3v) is 9.15. The lowest BCUT2D eigenvalue weighted by Gasteiger charge is -2.09. The number of rotatable bonds is 12. The van der Waals surface area contributed by atoms with Crippen molar-refractivity contribution in [3.05, 3.63) is 135 Å². The number of halogens is 2. The first-order valence-electron chi connectivity index (χ1n) is 14.4. The number of carboxylic acids is 1. The molecule has 1 aromatic heterocycles. The molecular formula is C35H31Cl2N3O4S. The van der Waals surface area contributed by atoms with Gasteiger partial charge in [-0.25, -0.2) is 18.2 Å². The molecule has 10 heteroatoms. The van der Waals surface area contributed by atoms with Crippen molar-refractivity contribution in [2.24, 2.45) is 0 Å². The maximum atomic E-state index is 12.9. The van der Waals surface area contributed by atoms with Gasteiger partial charge in [-0.3, -0.25) is 4.72 Å². The third kappa shape index (κ3) is 8.22. The molecule has 0 saturated heterocycles. The molecule has 0 atom stereocenters. The number of hydrogen-bond donors (Lipinski definition) is 2. The number of aryl methyl sites for hydroxylation is 1. The van der Waals surface area contributed by atoms with Gasteiger partial charge in [-0.1, -0.05) is 79.0 Å². The van der Waals surface area contributed by atoms with Crippen LogP contribution in [0.5, 0.6) is 0 Å². The lowest BCUT2D eigenvalue weighted by molar-refractivity contribution is 0.0697. The SMILES string of the molecule is CCCCc1ccc(S(=O)(=O)Nc2ccc(/C=C/c3nc(-c4ccc(Cl)cc4Cl)cn3Cc3ccc(C(=O)O)cc3)cc2)cc1. The quantitative estimate of drug-likeness (QED) is 0.139. The summed E-state index contributed by atoms with van der Waals surface area (Å²) < 4.78 is 30.5. The number of aromatic carboxylic acids is 1. The van der Waals surface area contributed by atoms with E-state index in [9.17, 15) is 18.3 Å². The molecule has 0 saturated carbocycles. The number of nitrogens with one attached hydrogen (secondary N) is 1. The second-order valence-electron chi connectivity index (χ2n) is 10.5. The molecule has 230 valence electrons. The van der Waals surface area contributed by atoms with Gasteiger partial charge in [-0.05, 0) is 90.2 Å². The first-order chi connectivity index (χ1) is 21.6. The summed E-state index contributed by atoms with van der Waals surface area (Å²) in [5.74, 6) is -0.340. The standard InChI is InChI=1S/C35H31Cl2N3O4S/c1-2-3-4-24-9-17-30(18-10-24)45(43,44)39-29-15-7-25(8-16-29)11-20-34-38-33(31-19-14-28(36)21-32(31)37)23-40(34)22-26-5-12-27(13-6-26)35(41)42/h5-21,23,39H,2-4,22H2,1H3,(H,41,42)/b20-11+. The molecule has 0 aliphatic heterocycles. The van der Waals surface area contributed by atoms with E-state index in [1.165, 1.54) is 0 Å². The number of nitrogens with zero attached hydrogens (tertiary/aromatic N) is 2. The summed E-state index contributed by atoms with van der Waals surface area (Å²) >= 11 is 12.6. The summed E-state index contributed by atoms with van der Waals surface area (Å²) in [6.07, 6.45) is 8.70. The van der Waals surface area contributed by atoms with Crippen molar-refractivity contribution in [3.63, 3.8) is 0 Å². The second kappa shape index (κ2) is 14.2. The first kappa shape index (κ1) is 32.0. The summed E-state index contributed by atoms with van der Waals surface area (Å²) in [6, 6.07) is 26.0. The number of imidazole rings is 1. The van der Waals surface area contributed by atoms with Crippen LogP contribution in [0.3, 0.4) is 0 Å². The Labute approximate surface area is 272 Å². The largest absolute Gasteiger partial charge is 0.478 e. The number of sulfonamides is 1. The van der Waals surface area contributed by atoms with Crippen molar-refractivity contribution >= 4 is 57.0 Å². The van der Waals surface area contributed by atoms with E-state index in [-0.39, 0.29) is 10.5 Å². The van der Waals surface area contributed by atoms with Crippen LogP contribution in [-0.2, 0) is 23.0 Å². The molecule has 7 nitrogen and oxygen atoms in total. The van der Waals surface area contributed by atoms with Crippen LogP contribution < -0.4 is 4.72 Å². The lowest BCUT2D eigenvalue weighted by atomic mass is 10.1. The van der Waals surface area contributed by atoms with Gasteiger partial charge in [0.25, 0.3) is 10.0 Å². The van der Waals surface area contributed by atoms with Crippen molar-refractivity contribution in [3.8, 4) is 11.3 Å². The van der Waals surface area contributed by atoms with Gasteiger partial charge in [0, 0.05) is 29.0 Å². The Morgan fingerprint density at radius 1 is 0.911 bits per heavy atom. The number of benzene rings is 4. The molecule has 0 amide bonds. The van der Waals surface area contributed by atoms with E-state index in [0.29, 0.717) is 33.8 Å². The Balaban J connectivity index is 1.35. The van der Waals surface area contributed by atoms with Gasteiger partial charge in [0.2, 0.25) is 0 Å². The fourth-order valence-corrected chi connectivity index (χ4v) is 6.29. The van der Waals surface area contributed by atoms with Crippen molar-refractivity contribution in [2.75, 3.05) is 4.72 Å². The van der Waals surface area contributed by atoms with E-state index in [2.05, 4.69) is 11.6 Å². The summed E-state index contributed by atoms with van der Waals surface area (Å²) in [6.45, 7) is 2.57. The summed E-state index contributed by atoms with van der Waals surface area (Å²) in [5, 5.41) is 10.2. The molecule has 0 aliphatic carbocycles. The predicted octanol–water partition coefficient (Wildman–Crippen LogP) is 8.92. The molecule has 0 unspecified atom stereocenters. The zero-order valence-electron chi connectivity index (χ0n) is 24.5.